The molecule has 0 amide bonds. The Morgan fingerprint density at radius 1 is 0.667 bits per heavy atom. The molecule has 0 aliphatic carbocycles. The lowest BCUT2D eigenvalue weighted by Gasteiger charge is -2.11. The number of nitrogens with zero attached hydrogens (tertiary/aromatic N) is 1. The van der Waals surface area contributed by atoms with Crippen LogP contribution < -0.4 is 10.1 Å². The topological polar surface area (TPSA) is 39.3 Å². The summed E-state index contributed by atoms with van der Waals surface area (Å²) in [6, 6.07) is 37.8. The highest BCUT2D eigenvalue weighted by molar-refractivity contribution is 6.16. The van der Waals surface area contributed by atoms with Gasteiger partial charge >= 0.3 is 0 Å². The predicted molar refractivity (Wildman–Crippen MR) is 149 cm³/mol. The largest absolute Gasteiger partial charge is 0.497 e. The van der Waals surface area contributed by atoms with Gasteiger partial charge in [0.2, 0.25) is 0 Å². The summed E-state index contributed by atoms with van der Waals surface area (Å²) in [6.45, 7) is 0.774. The molecular formula is C32H24N2O2. The first kappa shape index (κ1) is 20.7. The second-order valence-corrected chi connectivity index (χ2v) is 9.06. The van der Waals surface area contributed by atoms with Gasteiger partial charge in [0.05, 0.1) is 18.3 Å². The number of rotatable bonds is 5. The summed E-state index contributed by atoms with van der Waals surface area (Å²) in [6.07, 6.45) is 0. The number of methoxy groups -OCH3 is 1. The van der Waals surface area contributed by atoms with Crippen LogP contribution in [-0.4, -0.2) is 11.7 Å². The maximum absolute atomic E-state index is 6.28. The second kappa shape index (κ2) is 8.21. The van der Waals surface area contributed by atoms with E-state index in [-0.39, 0.29) is 0 Å². The van der Waals surface area contributed by atoms with Gasteiger partial charge in [-0.05, 0) is 48.0 Å². The maximum atomic E-state index is 6.28. The first-order chi connectivity index (χ1) is 17.8. The predicted octanol–water partition coefficient (Wildman–Crippen LogP) is 8.49. The molecule has 174 valence electrons. The molecule has 0 saturated carbocycles. The van der Waals surface area contributed by atoms with E-state index in [1.165, 1.54) is 27.4 Å². The van der Waals surface area contributed by atoms with E-state index < -0.39 is 0 Å². The zero-order valence-corrected chi connectivity index (χ0v) is 19.9. The molecular weight excluding hydrogens is 444 g/mol. The maximum Gasteiger partial charge on any atom is 0.158 e. The van der Waals surface area contributed by atoms with E-state index in [0.717, 1.165) is 45.6 Å². The minimum atomic E-state index is 0.774. The van der Waals surface area contributed by atoms with Crippen molar-refractivity contribution in [2.24, 2.45) is 0 Å². The lowest BCUT2D eigenvalue weighted by atomic mass is 10.1. The molecule has 2 aromatic heterocycles. The van der Waals surface area contributed by atoms with Crippen LogP contribution in [0.4, 0.5) is 11.4 Å². The Balaban J connectivity index is 1.39. The van der Waals surface area contributed by atoms with Crippen LogP contribution in [0, 0.1) is 0 Å². The first-order valence-electron chi connectivity index (χ1n) is 12.1. The van der Waals surface area contributed by atoms with Gasteiger partial charge < -0.3 is 19.0 Å². The van der Waals surface area contributed by atoms with Gasteiger partial charge in [0.1, 0.15) is 11.3 Å². The van der Waals surface area contributed by atoms with Crippen LogP contribution in [0.25, 0.3) is 43.7 Å². The van der Waals surface area contributed by atoms with E-state index in [2.05, 4.69) is 94.8 Å². The van der Waals surface area contributed by atoms with Crippen molar-refractivity contribution < 1.29 is 9.15 Å². The van der Waals surface area contributed by atoms with Crippen molar-refractivity contribution in [1.29, 1.82) is 0 Å². The van der Waals surface area contributed by atoms with Crippen LogP contribution in [0.5, 0.6) is 5.75 Å². The summed E-state index contributed by atoms with van der Waals surface area (Å²) in [5, 5.41) is 8.38. The quantitative estimate of drug-likeness (QED) is 0.275. The van der Waals surface area contributed by atoms with Crippen LogP contribution in [-0.2, 0) is 6.54 Å². The van der Waals surface area contributed by atoms with E-state index in [1.54, 1.807) is 7.11 Å². The lowest BCUT2D eigenvalue weighted by Crippen LogP contribution is -1.99. The Kier molecular flexibility index (Phi) is 4.71. The summed E-state index contributed by atoms with van der Waals surface area (Å²) >= 11 is 0. The lowest BCUT2D eigenvalue weighted by molar-refractivity contribution is 0.414. The Hall–Kier alpha value is -4.70. The second-order valence-electron chi connectivity index (χ2n) is 9.06. The molecule has 0 radical (unpaired) electrons. The highest BCUT2D eigenvalue weighted by atomic mass is 16.5. The summed E-state index contributed by atoms with van der Waals surface area (Å²) in [5.74, 6) is 0.868. The van der Waals surface area contributed by atoms with Crippen molar-refractivity contribution in [1.82, 2.24) is 4.57 Å². The summed E-state index contributed by atoms with van der Waals surface area (Å²) < 4.78 is 14.0. The van der Waals surface area contributed by atoms with Crippen molar-refractivity contribution >= 4 is 55.1 Å². The fourth-order valence-corrected chi connectivity index (χ4v) is 5.28. The van der Waals surface area contributed by atoms with Crippen LogP contribution in [0.15, 0.2) is 114 Å². The standard InChI is InChI=1S/C32H24N2O2/c1-35-22-18-16-21(17-19-22)20-34-28-13-4-2-9-25(28)31-26(11-7-14-29(31)34)33-27-12-6-10-24-23-8-3-5-15-30(23)36-32(24)27/h2-19,33H,20H2,1H3. The third-order valence-corrected chi connectivity index (χ3v) is 6.97. The van der Waals surface area contributed by atoms with Gasteiger partial charge in [0, 0.05) is 39.3 Å². The molecule has 0 spiro atoms. The van der Waals surface area contributed by atoms with Crippen LogP contribution >= 0.6 is 0 Å². The molecule has 7 rings (SSSR count). The molecule has 5 aromatic carbocycles. The van der Waals surface area contributed by atoms with E-state index in [9.17, 15) is 0 Å². The molecule has 0 saturated heterocycles. The molecule has 0 aliphatic rings. The number of fused-ring (bicyclic) bond motifs is 6. The number of aromatic nitrogens is 1. The van der Waals surface area contributed by atoms with Gasteiger partial charge in [-0.15, -0.1) is 0 Å². The average Bonchev–Trinajstić information content (AvgIpc) is 3.47. The monoisotopic (exact) mass is 468 g/mol. The van der Waals surface area contributed by atoms with Gasteiger partial charge in [0.15, 0.2) is 5.58 Å². The summed E-state index contributed by atoms with van der Waals surface area (Å²) in [4.78, 5) is 0. The van der Waals surface area contributed by atoms with Crippen LogP contribution in [0.1, 0.15) is 5.56 Å². The minimum absolute atomic E-state index is 0.774. The Morgan fingerprint density at radius 2 is 1.36 bits per heavy atom. The number of ether oxygens (including phenoxy) is 1. The normalized spacial score (nSPS) is 11.6. The van der Waals surface area contributed by atoms with Gasteiger partial charge in [-0.2, -0.15) is 0 Å². The summed E-state index contributed by atoms with van der Waals surface area (Å²) in [7, 11) is 1.70. The van der Waals surface area contributed by atoms with Gasteiger partial charge in [-0.25, -0.2) is 0 Å². The average molecular weight is 469 g/mol. The van der Waals surface area contributed by atoms with Crippen molar-refractivity contribution in [2.75, 3.05) is 12.4 Å². The van der Waals surface area contributed by atoms with Crippen molar-refractivity contribution in [2.45, 2.75) is 6.54 Å². The molecule has 0 fully saturated rings. The van der Waals surface area contributed by atoms with Gasteiger partial charge in [0.25, 0.3) is 0 Å². The number of hydrogen-bond donors (Lipinski definition) is 1. The zero-order chi connectivity index (χ0) is 24.1. The number of para-hydroxylation sites is 3. The van der Waals surface area contributed by atoms with Gasteiger partial charge in [-0.3, -0.25) is 0 Å². The SMILES string of the molecule is COc1ccc(Cn2c3ccccc3c3c(Nc4cccc5c4oc4ccccc45)cccc32)cc1. The highest BCUT2D eigenvalue weighted by Crippen LogP contribution is 2.39. The molecule has 0 unspecified atom stereocenters. The highest BCUT2D eigenvalue weighted by Gasteiger charge is 2.16. The Morgan fingerprint density at radius 3 is 2.22 bits per heavy atom. The number of hydrogen-bond acceptors (Lipinski definition) is 3. The van der Waals surface area contributed by atoms with Crippen molar-refractivity contribution in [3.05, 3.63) is 115 Å². The zero-order valence-electron chi connectivity index (χ0n) is 19.9. The molecule has 1 N–H and O–H groups in total. The Bertz CT molecular complexity index is 1880. The third kappa shape index (κ3) is 3.23. The van der Waals surface area contributed by atoms with Crippen molar-refractivity contribution in [3.63, 3.8) is 0 Å². The number of nitrogens with one attached hydrogen (secondary N) is 1. The van der Waals surface area contributed by atoms with Crippen molar-refractivity contribution in [3.8, 4) is 5.75 Å². The number of benzene rings is 5. The fourth-order valence-electron chi connectivity index (χ4n) is 5.28. The number of furan rings is 1. The van der Waals surface area contributed by atoms with E-state index in [0.29, 0.717) is 0 Å². The molecule has 7 aromatic rings. The van der Waals surface area contributed by atoms with Crippen LogP contribution in [0.3, 0.4) is 0 Å². The van der Waals surface area contributed by atoms with E-state index >= 15 is 0 Å². The molecule has 2 heterocycles. The molecule has 4 heteroatoms. The fraction of sp³-hybridized carbons (Fsp3) is 0.0625. The number of anilines is 2. The van der Waals surface area contributed by atoms with Crippen LogP contribution in [0.2, 0.25) is 0 Å². The van der Waals surface area contributed by atoms with E-state index in [4.69, 9.17) is 9.15 Å². The molecule has 0 aliphatic heterocycles. The smallest absolute Gasteiger partial charge is 0.158 e. The first-order valence-corrected chi connectivity index (χ1v) is 12.1. The molecule has 0 atom stereocenters. The molecule has 4 nitrogen and oxygen atoms in total. The van der Waals surface area contributed by atoms with Gasteiger partial charge in [-0.1, -0.05) is 66.7 Å². The third-order valence-electron chi connectivity index (χ3n) is 6.97. The van der Waals surface area contributed by atoms with E-state index in [1.807, 2.05) is 24.3 Å². The summed E-state index contributed by atoms with van der Waals surface area (Å²) in [5.41, 5.74) is 7.42. The molecule has 36 heavy (non-hydrogen) atoms. The molecule has 0 bridgehead atoms. The Labute approximate surface area is 208 Å². The minimum Gasteiger partial charge on any atom is -0.497 e.